The fraction of sp³-hybridized carbons (Fsp3) is 0.538. The highest BCUT2D eigenvalue weighted by Gasteiger charge is 2.45. The summed E-state index contributed by atoms with van der Waals surface area (Å²) in [5, 5.41) is 10.5. The number of methoxy groups -OCH3 is 1. The molecule has 1 aliphatic rings. The minimum Gasteiger partial charge on any atom is -0.382 e. The van der Waals surface area contributed by atoms with Gasteiger partial charge in [0.05, 0.1) is 6.61 Å². The van der Waals surface area contributed by atoms with Crippen molar-refractivity contribution >= 4 is 0 Å². The molecule has 1 N–H and O–H groups in total. The molecule has 0 heterocycles. The minimum absolute atomic E-state index is 0.203. The Labute approximate surface area is 95.1 Å². The highest BCUT2D eigenvalue weighted by Crippen LogP contribution is 2.46. The van der Waals surface area contributed by atoms with Gasteiger partial charge in [0, 0.05) is 7.11 Å². The lowest BCUT2D eigenvalue weighted by Gasteiger charge is -2.28. The first-order valence-corrected chi connectivity index (χ1v) is 5.56. The zero-order valence-electron chi connectivity index (χ0n) is 9.66. The molecule has 0 aromatic heterocycles. The average Bonchev–Trinajstić information content (AvgIpc) is 3.06. The molecule has 0 bridgehead atoms. The number of rotatable bonds is 4. The van der Waals surface area contributed by atoms with E-state index in [-0.39, 0.29) is 18.3 Å². The van der Waals surface area contributed by atoms with Gasteiger partial charge in [-0.05, 0) is 42.9 Å². The second-order valence-electron chi connectivity index (χ2n) is 4.60. The predicted molar refractivity (Wildman–Crippen MR) is 59.6 cm³/mol. The summed E-state index contributed by atoms with van der Waals surface area (Å²) in [7, 11) is 1.55. The van der Waals surface area contributed by atoms with Gasteiger partial charge < -0.3 is 9.84 Å². The second-order valence-corrected chi connectivity index (χ2v) is 4.60. The summed E-state index contributed by atoms with van der Waals surface area (Å²) in [5.41, 5.74) is 0.197. The molecule has 0 aliphatic heterocycles. The van der Waals surface area contributed by atoms with Crippen molar-refractivity contribution in [2.75, 3.05) is 13.7 Å². The minimum atomic E-state index is -1.02. The number of ether oxygens (including phenoxy) is 1. The van der Waals surface area contributed by atoms with Crippen molar-refractivity contribution in [3.8, 4) is 0 Å². The van der Waals surface area contributed by atoms with Gasteiger partial charge >= 0.3 is 0 Å². The Morgan fingerprint density at radius 1 is 1.50 bits per heavy atom. The van der Waals surface area contributed by atoms with Gasteiger partial charge in [-0.25, -0.2) is 4.39 Å². The first-order chi connectivity index (χ1) is 7.58. The van der Waals surface area contributed by atoms with E-state index in [2.05, 4.69) is 0 Å². The molecule has 1 fully saturated rings. The van der Waals surface area contributed by atoms with Gasteiger partial charge in [-0.3, -0.25) is 0 Å². The summed E-state index contributed by atoms with van der Waals surface area (Å²) < 4.78 is 18.5. The van der Waals surface area contributed by atoms with Crippen LogP contribution in [0, 0.1) is 18.7 Å². The average molecular weight is 224 g/mol. The van der Waals surface area contributed by atoms with Crippen LogP contribution in [-0.2, 0) is 10.3 Å². The number of halogens is 1. The third kappa shape index (κ3) is 1.97. The van der Waals surface area contributed by atoms with E-state index in [1.54, 1.807) is 26.2 Å². The maximum Gasteiger partial charge on any atom is 0.126 e. The van der Waals surface area contributed by atoms with Crippen molar-refractivity contribution in [2.45, 2.75) is 25.4 Å². The SMILES string of the molecule is COCC(O)(c1ccc(C)c(F)c1)C1CC1. The van der Waals surface area contributed by atoms with Crippen LogP contribution in [-0.4, -0.2) is 18.8 Å². The first-order valence-electron chi connectivity index (χ1n) is 5.56. The van der Waals surface area contributed by atoms with Gasteiger partial charge in [0.1, 0.15) is 11.4 Å². The van der Waals surface area contributed by atoms with Gasteiger partial charge in [-0.1, -0.05) is 12.1 Å². The summed E-state index contributed by atoms with van der Waals surface area (Å²) >= 11 is 0. The highest BCUT2D eigenvalue weighted by atomic mass is 19.1. The van der Waals surface area contributed by atoms with Gasteiger partial charge in [0.25, 0.3) is 0 Å². The number of hydrogen-bond acceptors (Lipinski definition) is 2. The van der Waals surface area contributed by atoms with E-state index < -0.39 is 5.60 Å². The monoisotopic (exact) mass is 224 g/mol. The lowest BCUT2D eigenvalue weighted by Crippen LogP contribution is -2.33. The molecule has 1 aromatic rings. The van der Waals surface area contributed by atoms with Crippen LogP contribution in [0.3, 0.4) is 0 Å². The van der Waals surface area contributed by atoms with Crippen LogP contribution in [0.25, 0.3) is 0 Å². The molecule has 3 heteroatoms. The molecule has 16 heavy (non-hydrogen) atoms. The zero-order valence-corrected chi connectivity index (χ0v) is 9.66. The summed E-state index contributed by atoms with van der Waals surface area (Å²) in [6.45, 7) is 1.94. The molecule has 88 valence electrons. The molecule has 2 rings (SSSR count). The summed E-state index contributed by atoms with van der Waals surface area (Å²) in [4.78, 5) is 0. The van der Waals surface area contributed by atoms with Crippen LogP contribution in [0.1, 0.15) is 24.0 Å². The number of hydrogen-bond donors (Lipinski definition) is 1. The fourth-order valence-electron chi connectivity index (χ4n) is 2.08. The first kappa shape index (κ1) is 11.6. The molecule has 1 atom stereocenters. The molecule has 0 radical (unpaired) electrons. The van der Waals surface area contributed by atoms with Crippen LogP contribution in [0.5, 0.6) is 0 Å². The third-order valence-electron chi connectivity index (χ3n) is 3.29. The lowest BCUT2D eigenvalue weighted by atomic mass is 9.89. The molecular formula is C13H17FO2. The van der Waals surface area contributed by atoms with Gasteiger partial charge in [-0.15, -0.1) is 0 Å². The standard InChI is InChI=1S/C13H17FO2/c1-9-3-4-11(7-12(9)14)13(15,8-16-2)10-5-6-10/h3-4,7,10,15H,5-6,8H2,1-2H3. The van der Waals surface area contributed by atoms with Crippen LogP contribution in [0.2, 0.25) is 0 Å². The van der Waals surface area contributed by atoms with Crippen molar-refractivity contribution in [2.24, 2.45) is 5.92 Å². The van der Waals surface area contributed by atoms with Gasteiger partial charge in [-0.2, -0.15) is 0 Å². The lowest BCUT2D eigenvalue weighted by molar-refractivity contribution is -0.0534. The van der Waals surface area contributed by atoms with Crippen LogP contribution < -0.4 is 0 Å². The van der Waals surface area contributed by atoms with Gasteiger partial charge in [0.2, 0.25) is 0 Å². The zero-order chi connectivity index (χ0) is 11.8. The van der Waals surface area contributed by atoms with E-state index >= 15 is 0 Å². The van der Waals surface area contributed by atoms with Crippen molar-refractivity contribution in [1.82, 2.24) is 0 Å². The molecule has 0 amide bonds. The summed E-state index contributed by atoms with van der Waals surface area (Å²) in [6.07, 6.45) is 1.96. The van der Waals surface area contributed by atoms with E-state index in [1.807, 2.05) is 0 Å². The number of benzene rings is 1. The highest BCUT2D eigenvalue weighted by molar-refractivity contribution is 5.29. The number of aryl methyl sites for hydroxylation is 1. The molecule has 0 saturated heterocycles. The molecule has 0 spiro atoms. The van der Waals surface area contributed by atoms with Crippen molar-refractivity contribution in [3.05, 3.63) is 35.1 Å². The molecular weight excluding hydrogens is 207 g/mol. The van der Waals surface area contributed by atoms with Crippen LogP contribution in [0.4, 0.5) is 4.39 Å². The Morgan fingerprint density at radius 3 is 2.69 bits per heavy atom. The van der Waals surface area contributed by atoms with Crippen molar-refractivity contribution < 1.29 is 14.2 Å². The Bertz CT molecular complexity index is 388. The van der Waals surface area contributed by atoms with Crippen molar-refractivity contribution in [3.63, 3.8) is 0 Å². The smallest absolute Gasteiger partial charge is 0.126 e. The Hall–Kier alpha value is -0.930. The molecule has 2 nitrogen and oxygen atoms in total. The van der Waals surface area contributed by atoms with Crippen LogP contribution >= 0.6 is 0 Å². The Kier molecular flexibility index (Phi) is 3.00. The van der Waals surface area contributed by atoms with E-state index in [0.717, 1.165) is 12.8 Å². The maximum atomic E-state index is 13.5. The fourth-order valence-corrected chi connectivity index (χ4v) is 2.08. The summed E-state index contributed by atoms with van der Waals surface area (Å²) in [5.74, 6) is -0.0674. The topological polar surface area (TPSA) is 29.5 Å². The quantitative estimate of drug-likeness (QED) is 0.850. The third-order valence-corrected chi connectivity index (χ3v) is 3.29. The van der Waals surface area contributed by atoms with E-state index in [0.29, 0.717) is 11.1 Å². The molecule has 1 unspecified atom stereocenters. The normalized spacial score (nSPS) is 19.5. The largest absolute Gasteiger partial charge is 0.382 e. The van der Waals surface area contributed by atoms with E-state index in [9.17, 15) is 9.50 Å². The molecule has 1 saturated carbocycles. The summed E-state index contributed by atoms with van der Waals surface area (Å²) in [6, 6.07) is 4.91. The van der Waals surface area contributed by atoms with Crippen LogP contribution in [0.15, 0.2) is 18.2 Å². The number of aliphatic hydroxyl groups is 1. The van der Waals surface area contributed by atoms with Crippen molar-refractivity contribution in [1.29, 1.82) is 0 Å². The maximum absolute atomic E-state index is 13.5. The predicted octanol–water partition coefficient (Wildman–Crippen LogP) is 2.38. The molecule has 1 aliphatic carbocycles. The molecule has 1 aromatic carbocycles. The van der Waals surface area contributed by atoms with E-state index in [1.165, 1.54) is 6.07 Å². The Balaban J connectivity index is 2.34. The van der Waals surface area contributed by atoms with Gasteiger partial charge in [0.15, 0.2) is 0 Å². The Morgan fingerprint density at radius 2 is 2.19 bits per heavy atom. The van der Waals surface area contributed by atoms with E-state index in [4.69, 9.17) is 4.74 Å². The second kappa shape index (κ2) is 4.15.